The molecule has 110 valence electrons. The van der Waals surface area contributed by atoms with E-state index >= 15 is 0 Å². The molecule has 2 N–H and O–H groups in total. The third-order valence-corrected chi connectivity index (χ3v) is 4.56. The Morgan fingerprint density at radius 1 is 1.10 bits per heavy atom. The number of aryl methyl sites for hydroxylation is 1. The molecule has 2 atom stereocenters. The Balaban J connectivity index is 1.87. The van der Waals surface area contributed by atoms with Crippen molar-refractivity contribution in [2.45, 2.75) is 31.8 Å². The second-order valence-corrected chi connectivity index (χ2v) is 5.97. The van der Waals surface area contributed by atoms with Gasteiger partial charge in [-0.3, -0.25) is 4.90 Å². The van der Waals surface area contributed by atoms with Crippen molar-refractivity contribution >= 4 is 0 Å². The first-order valence-corrected chi connectivity index (χ1v) is 7.87. The van der Waals surface area contributed by atoms with Crippen LogP contribution >= 0.6 is 0 Å². The van der Waals surface area contributed by atoms with Gasteiger partial charge in [0.25, 0.3) is 0 Å². The fraction of sp³-hybridized carbons (Fsp3) is 0.368. The maximum atomic E-state index is 6.12. The Hall–Kier alpha value is -1.64. The molecule has 0 bridgehead atoms. The van der Waals surface area contributed by atoms with Gasteiger partial charge in [-0.25, -0.2) is 0 Å². The zero-order valence-electron chi connectivity index (χ0n) is 12.7. The number of likely N-dealkylation sites (tertiary alicyclic amines) is 1. The minimum absolute atomic E-state index is 0.318. The van der Waals surface area contributed by atoms with Gasteiger partial charge in [0.15, 0.2) is 0 Å². The largest absolute Gasteiger partial charge is 0.329 e. The molecule has 0 saturated carbocycles. The standard InChI is InChI=1S/C19H24N2/c1-15-9-11-17(12-10-15)19(14-20)21-13-5-8-18(21)16-6-3-2-4-7-16/h2-4,6-7,9-12,18-19H,5,8,13-14,20H2,1H3. The van der Waals surface area contributed by atoms with Gasteiger partial charge in [-0.05, 0) is 37.4 Å². The van der Waals surface area contributed by atoms with Gasteiger partial charge < -0.3 is 5.73 Å². The van der Waals surface area contributed by atoms with Crippen LogP contribution in [0.1, 0.15) is 41.6 Å². The molecule has 1 fully saturated rings. The van der Waals surface area contributed by atoms with E-state index in [2.05, 4.69) is 66.4 Å². The summed E-state index contributed by atoms with van der Waals surface area (Å²) in [6, 6.07) is 20.5. The van der Waals surface area contributed by atoms with Crippen LogP contribution in [0.2, 0.25) is 0 Å². The molecule has 0 aliphatic carbocycles. The van der Waals surface area contributed by atoms with Crippen LogP contribution in [-0.2, 0) is 0 Å². The molecule has 2 heteroatoms. The summed E-state index contributed by atoms with van der Waals surface area (Å²) in [7, 11) is 0. The van der Waals surface area contributed by atoms with Crippen molar-refractivity contribution in [2.24, 2.45) is 5.73 Å². The lowest BCUT2D eigenvalue weighted by molar-refractivity contribution is 0.185. The molecule has 1 heterocycles. The molecule has 1 aliphatic rings. The fourth-order valence-electron chi connectivity index (χ4n) is 3.45. The van der Waals surface area contributed by atoms with Gasteiger partial charge in [-0.2, -0.15) is 0 Å². The molecule has 2 nitrogen and oxygen atoms in total. The van der Waals surface area contributed by atoms with Crippen LogP contribution in [0, 0.1) is 6.92 Å². The first kappa shape index (κ1) is 14.3. The van der Waals surface area contributed by atoms with Gasteiger partial charge in [0.05, 0.1) is 0 Å². The summed E-state index contributed by atoms with van der Waals surface area (Å²) < 4.78 is 0. The lowest BCUT2D eigenvalue weighted by Crippen LogP contribution is -2.33. The van der Waals surface area contributed by atoms with Crippen LogP contribution in [-0.4, -0.2) is 18.0 Å². The van der Waals surface area contributed by atoms with E-state index in [4.69, 9.17) is 5.73 Å². The highest BCUT2D eigenvalue weighted by Crippen LogP contribution is 2.38. The maximum Gasteiger partial charge on any atom is 0.0476 e. The zero-order valence-corrected chi connectivity index (χ0v) is 12.7. The van der Waals surface area contributed by atoms with E-state index in [9.17, 15) is 0 Å². The highest BCUT2D eigenvalue weighted by molar-refractivity contribution is 5.26. The van der Waals surface area contributed by atoms with E-state index in [-0.39, 0.29) is 0 Å². The predicted molar refractivity (Wildman–Crippen MR) is 88.1 cm³/mol. The molecule has 0 spiro atoms. The number of hydrogen-bond donors (Lipinski definition) is 1. The molecule has 2 aromatic rings. The van der Waals surface area contributed by atoms with Crippen molar-refractivity contribution in [3.63, 3.8) is 0 Å². The molecule has 3 rings (SSSR count). The predicted octanol–water partition coefficient (Wildman–Crippen LogP) is 3.83. The van der Waals surface area contributed by atoms with E-state index in [0.29, 0.717) is 18.6 Å². The molecule has 0 amide bonds. The molecule has 2 aromatic carbocycles. The molecular formula is C19H24N2. The van der Waals surface area contributed by atoms with Crippen LogP contribution in [0.3, 0.4) is 0 Å². The number of hydrogen-bond acceptors (Lipinski definition) is 2. The van der Waals surface area contributed by atoms with Gasteiger partial charge in [0, 0.05) is 18.6 Å². The van der Waals surface area contributed by atoms with E-state index in [1.54, 1.807) is 0 Å². The zero-order chi connectivity index (χ0) is 14.7. The van der Waals surface area contributed by atoms with E-state index in [0.717, 1.165) is 6.54 Å². The van der Waals surface area contributed by atoms with Crippen molar-refractivity contribution in [3.05, 3.63) is 71.3 Å². The monoisotopic (exact) mass is 280 g/mol. The van der Waals surface area contributed by atoms with Crippen LogP contribution < -0.4 is 5.73 Å². The summed E-state index contributed by atoms with van der Waals surface area (Å²) in [5.74, 6) is 0. The molecular weight excluding hydrogens is 256 g/mol. The minimum Gasteiger partial charge on any atom is -0.329 e. The van der Waals surface area contributed by atoms with Gasteiger partial charge >= 0.3 is 0 Å². The fourth-order valence-corrected chi connectivity index (χ4v) is 3.45. The average Bonchev–Trinajstić information content (AvgIpc) is 3.00. The van der Waals surface area contributed by atoms with Crippen molar-refractivity contribution in [3.8, 4) is 0 Å². The summed E-state index contributed by atoms with van der Waals surface area (Å²) in [4.78, 5) is 2.58. The summed E-state index contributed by atoms with van der Waals surface area (Å²) in [6.07, 6.45) is 2.48. The minimum atomic E-state index is 0.318. The second-order valence-electron chi connectivity index (χ2n) is 5.97. The quantitative estimate of drug-likeness (QED) is 0.922. The second kappa shape index (κ2) is 6.42. The van der Waals surface area contributed by atoms with E-state index in [1.165, 1.54) is 29.5 Å². The van der Waals surface area contributed by atoms with Crippen molar-refractivity contribution < 1.29 is 0 Å². The summed E-state index contributed by atoms with van der Waals surface area (Å²) >= 11 is 0. The van der Waals surface area contributed by atoms with Gasteiger partial charge in [-0.15, -0.1) is 0 Å². The smallest absolute Gasteiger partial charge is 0.0476 e. The van der Waals surface area contributed by atoms with Crippen LogP contribution in [0.5, 0.6) is 0 Å². The first-order valence-electron chi connectivity index (χ1n) is 7.87. The highest BCUT2D eigenvalue weighted by atomic mass is 15.2. The average molecular weight is 280 g/mol. The van der Waals surface area contributed by atoms with Gasteiger partial charge in [-0.1, -0.05) is 60.2 Å². The Morgan fingerprint density at radius 2 is 1.81 bits per heavy atom. The Labute approximate surface area is 127 Å². The molecule has 2 unspecified atom stereocenters. The number of nitrogens with two attached hydrogens (primary N) is 1. The molecule has 1 saturated heterocycles. The number of benzene rings is 2. The highest BCUT2D eigenvalue weighted by Gasteiger charge is 2.31. The Kier molecular flexibility index (Phi) is 4.37. The van der Waals surface area contributed by atoms with E-state index in [1.807, 2.05) is 0 Å². The number of rotatable bonds is 4. The summed E-state index contributed by atoms with van der Waals surface area (Å²) in [5, 5.41) is 0. The lowest BCUT2D eigenvalue weighted by atomic mass is 9.99. The SMILES string of the molecule is Cc1ccc(C(CN)N2CCCC2c2ccccc2)cc1. The van der Waals surface area contributed by atoms with Gasteiger partial charge in [0.2, 0.25) is 0 Å². The maximum absolute atomic E-state index is 6.12. The van der Waals surface area contributed by atoms with Crippen molar-refractivity contribution in [1.82, 2.24) is 4.90 Å². The number of nitrogens with zero attached hydrogens (tertiary/aromatic N) is 1. The first-order chi connectivity index (χ1) is 10.3. The van der Waals surface area contributed by atoms with Crippen LogP contribution in [0.15, 0.2) is 54.6 Å². The molecule has 0 aromatic heterocycles. The summed E-state index contributed by atoms with van der Waals surface area (Å²) in [5.41, 5.74) is 10.2. The third kappa shape index (κ3) is 3.02. The van der Waals surface area contributed by atoms with Crippen LogP contribution in [0.25, 0.3) is 0 Å². The molecule has 21 heavy (non-hydrogen) atoms. The Morgan fingerprint density at radius 3 is 2.48 bits per heavy atom. The normalized spacial score (nSPS) is 20.6. The summed E-state index contributed by atoms with van der Waals surface area (Å²) in [6.45, 7) is 3.94. The molecule has 0 radical (unpaired) electrons. The third-order valence-electron chi connectivity index (χ3n) is 4.56. The van der Waals surface area contributed by atoms with E-state index < -0.39 is 0 Å². The van der Waals surface area contributed by atoms with Crippen molar-refractivity contribution in [1.29, 1.82) is 0 Å². The van der Waals surface area contributed by atoms with Crippen LogP contribution in [0.4, 0.5) is 0 Å². The topological polar surface area (TPSA) is 29.3 Å². The molecule has 1 aliphatic heterocycles. The lowest BCUT2D eigenvalue weighted by Gasteiger charge is -2.33. The van der Waals surface area contributed by atoms with Gasteiger partial charge in [0.1, 0.15) is 0 Å². The van der Waals surface area contributed by atoms with Crippen molar-refractivity contribution in [2.75, 3.05) is 13.1 Å². The Bertz CT molecular complexity index is 562.